The van der Waals surface area contributed by atoms with Crippen LogP contribution in [0.25, 0.3) is 0 Å². The van der Waals surface area contributed by atoms with E-state index in [1.165, 1.54) is 0 Å². The van der Waals surface area contributed by atoms with Crippen LogP contribution in [0.5, 0.6) is 0 Å². The van der Waals surface area contributed by atoms with Gasteiger partial charge in [-0.05, 0) is 13.8 Å². The summed E-state index contributed by atoms with van der Waals surface area (Å²) >= 11 is 0. The highest BCUT2D eigenvalue weighted by Gasteiger charge is 2.20. The fraction of sp³-hybridized carbons (Fsp3) is 0.875. The van der Waals surface area contributed by atoms with Crippen LogP contribution in [0.1, 0.15) is 26.7 Å². The second-order valence-corrected chi connectivity index (χ2v) is 3.01. The van der Waals surface area contributed by atoms with E-state index in [1.54, 1.807) is 7.11 Å². The third-order valence-electron chi connectivity index (χ3n) is 1.73. The van der Waals surface area contributed by atoms with Crippen molar-refractivity contribution in [2.24, 2.45) is 5.16 Å². The van der Waals surface area contributed by atoms with Crippen molar-refractivity contribution in [1.82, 2.24) is 0 Å². The molecule has 0 N–H and O–H groups in total. The number of hydrogen-bond acceptors (Lipinski definition) is 3. The maximum absolute atomic E-state index is 5.53. The lowest BCUT2D eigenvalue weighted by Crippen LogP contribution is -2.29. The predicted octanol–water partition coefficient (Wildman–Crippen LogP) is 1.58. The smallest absolute Gasteiger partial charge is 0.106 e. The molecule has 0 aromatic rings. The van der Waals surface area contributed by atoms with Crippen molar-refractivity contribution in [3.8, 4) is 0 Å². The Morgan fingerprint density at radius 2 is 1.91 bits per heavy atom. The average molecular weight is 157 g/mol. The summed E-state index contributed by atoms with van der Waals surface area (Å²) in [7, 11) is 1.58. The summed E-state index contributed by atoms with van der Waals surface area (Å²) in [4.78, 5) is 4.71. The molecule has 1 unspecified atom stereocenters. The van der Waals surface area contributed by atoms with Crippen molar-refractivity contribution in [1.29, 1.82) is 0 Å². The lowest BCUT2D eigenvalue weighted by molar-refractivity contribution is 0.00210. The lowest BCUT2D eigenvalue weighted by atomic mass is 10.0. The minimum absolute atomic E-state index is 0.285. The second kappa shape index (κ2) is 3.72. The third kappa shape index (κ3) is 2.50. The molecule has 11 heavy (non-hydrogen) atoms. The quantitative estimate of drug-likeness (QED) is 0.541. The van der Waals surface area contributed by atoms with E-state index in [4.69, 9.17) is 9.57 Å². The second-order valence-electron chi connectivity index (χ2n) is 3.01. The molecule has 3 nitrogen and oxygen atoms in total. The summed E-state index contributed by atoms with van der Waals surface area (Å²) in [6.45, 7) is 4.11. The van der Waals surface area contributed by atoms with Crippen molar-refractivity contribution < 1.29 is 9.57 Å². The van der Waals surface area contributed by atoms with Gasteiger partial charge in [-0.2, -0.15) is 0 Å². The molecule has 1 heterocycles. The Hall–Kier alpha value is -0.570. The van der Waals surface area contributed by atoms with Crippen LogP contribution in [0.2, 0.25) is 0 Å². The molecule has 1 rings (SSSR count). The molecule has 2 atom stereocenters. The first-order chi connectivity index (χ1) is 5.22. The van der Waals surface area contributed by atoms with Crippen molar-refractivity contribution in [2.75, 3.05) is 7.11 Å². The predicted molar refractivity (Wildman–Crippen MR) is 43.7 cm³/mol. The van der Waals surface area contributed by atoms with Gasteiger partial charge in [0.25, 0.3) is 0 Å². The van der Waals surface area contributed by atoms with Gasteiger partial charge in [0.1, 0.15) is 7.11 Å². The lowest BCUT2D eigenvalue weighted by Gasteiger charge is -2.25. The maximum atomic E-state index is 5.53. The zero-order chi connectivity index (χ0) is 8.27. The van der Waals surface area contributed by atoms with E-state index in [0.717, 1.165) is 18.6 Å². The van der Waals surface area contributed by atoms with Crippen molar-refractivity contribution in [3.63, 3.8) is 0 Å². The summed E-state index contributed by atoms with van der Waals surface area (Å²) < 4.78 is 5.53. The zero-order valence-corrected chi connectivity index (χ0v) is 7.33. The summed E-state index contributed by atoms with van der Waals surface area (Å²) in [5.74, 6) is 0. The van der Waals surface area contributed by atoms with Crippen LogP contribution in [0, 0.1) is 0 Å². The molecule has 0 aromatic heterocycles. The highest BCUT2D eigenvalue weighted by atomic mass is 16.6. The van der Waals surface area contributed by atoms with Crippen LogP contribution in [0.15, 0.2) is 5.16 Å². The van der Waals surface area contributed by atoms with Gasteiger partial charge in [0, 0.05) is 12.8 Å². The number of ether oxygens (including phenoxy) is 1. The standard InChI is InChI=1S/C8H15NO2/c1-6-4-8(9-10-3)5-7(2)11-6/h6-7H,4-5H2,1-3H3/t6-,7?/m1/s1. The van der Waals surface area contributed by atoms with E-state index in [1.807, 2.05) is 0 Å². The molecule has 64 valence electrons. The van der Waals surface area contributed by atoms with Gasteiger partial charge in [-0.15, -0.1) is 0 Å². The van der Waals surface area contributed by atoms with Gasteiger partial charge < -0.3 is 9.57 Å². The molecule has 1 aliphatic heterocycles. The highest BCUT2D eigenvalue weighted by Crippen LogP contribution is 2.16. The van der Waals surface area contributed by atoms with Crippen LogP contribution in [0.4, 0.5) is 0 Å². The molecular formula is C8H15NO2. The van der Waals surface area contributed by atoms with Gasteiger partial charge in [0.05, 0.1) is 17.9 Å². The van der Waals surface area contributed by atoms with Gasteiger partial charge in [-0.25, -0.2) is 0 Å². The van der Waals surface area contributed by atoms with Crippen molar-refractivity contribution >= 4 is 5.71 Å². The van der Waals surface area contributed by atoms with Crippen LogP contribution in [-0.2, 0) is 9.57 Å². The average Bonchev–Trinajstić information content (AvgIpc) is 1.85. The molecule has 3 heteroatoms. The monoisotopic (exact) mass is 157 g/mol. The number of nitrogens with zero attached hydrogens (tertiary/aromatic N) is 1. The number of oxime groups is 1. The molecule has 0 aliphatic carbocycles. The van der Waals surface area contributed by atoms with Crippen LogP contribution in [-0.4, -0.2) is 25.0 Å². The van der Waals surface area contributed by atoms with E-state index in [9.17, 15) is 0 Å². The topological polar surface area (TPSA) is 30.8 Å². The maximum Gasteiger partial charge on any atom is 0.106 e. The number of rotatable bonds is 1. The molecule has 0 spiro atoms. The molecule has 0 aromatic carbocycles. The normalized spacial score (nSPS) is 35.7. The summed E-state index contributed by atoms with van der Waals surface area (Å²) in [5.41, 5.74) is 1.11. The first-order valence-corrected chi connectivity index (χ1v) is 3.96. The molecule has 0 amide bonds. The SMILES string of the molecule is CON=C1CC(C)O[C@H](C)C1. The third-order valence-corrected chi connectivity index (χ3v) is 1.73. The molecule has 1 fully saturated rings. The summed E-state index contributed by atoms with van der Waals surface area (Å²) in [6, 6.07) is 0. The van der Waals surface area contributed by atoms with E-state index in [2.05, 4.69) is 19.0 Å². The first kappa shape index (κ1) is 8.53. The molecular weight excluding hydrogens is 142 g/mol. The molecule has 1 saturated heterocycles. The van der Waals surface area contributed by atoms with Gasteiger partial charge >= 0.3 is 0 Å². The Morgan fingerprint density at radius 3 is 2.36 bits per heavy atom. The Kier molecular flexibility index (Phi) is 2.88. The molecule has 0 bridgehead atoms. The van der Waals surface area contributed by atoms with E-state index < -0.39 is 0 Å². The van der Waals surface area contributed by atoms with Crippen LogP contribution < -0.4 is 0 Å². The fourth-order valence-electron chi connectivity index (χ4n) is 1.44. The molecule has 0 saturated carbocycles. The molecule has 0 radical (unpaired) electrons. The van der Waals surface area contributed by atoms with Crippen molar-refractivity contribution in [2.45, 2.75) is 38.9 Å². The van der Waals surface area contributed by atoms with E-state index >= 15 is 0 Å². The highest BCUT2D eigenvalue weighted by molar-refractivity contribution is 5.85. The molecule has 1 aliphatic rings. The minimum atomic E-state index is 0.285. The van der Waals surface area contributed by atoms with E-state index in [-0.39, 0.29) is 12.2 Å². The number of hydrogen-bond donors (Lipinski definition) is 0. The fourth-order valence-corrected chi connectivity index (χ4v) is 1.44. The van der Waals surface area contributed by atoms with Gasteiger partial charge in [-0.3, -0.25) is 0 Å². The van der Waals surface area contributed by atoms with Gasteiger partial charge in [0.15, 0.2) is 0 Å². The zero-order valence-electron chi connectivity index (χ0n) is 7.33. The Balaban J connectivity index is 2.49. The largest absolute Gasteiger partial charge is 0.399 e. The Labute approximate surface area is 67.4 Å². The summed E-state index contributed by atoms with van der Waals surface area (Å²) in [6.07, 6.45) is 2.37. The summed E-state index contributed by atoms with van der Waals surface area (Å²) in [5, 5.41) is 3.92. The van der Waals surface area contributed by atoms with Crippen molar-refractivity contribution in [3.05, 3.63) is 0 Å². The van der Waals surface area contributed by atoms with Gasteiger partial charge in [0.2, 0.25) is 0 Å². The first-order valence-electron chi connectivity index (χ1n) is 3.96. The van der Waals surface area contributed by atoms with Gasteiger partial charge in [-0.1, -0.05) is 5.16 Å². The van der Waals surface area contributed by atoms with Crippen LogP contribution in [0.3, 0.4) is 0 Å². The minimum Gasteiger partial charge on any atom is -0.399 e. The van der Waals surface area contributed by atoms with Crippen LogP contribution >= 0.6 is 0 Å². The Bertz CT molecular complexity index is 144. The Morgan fingerprint density at radius 1 is 1.36 bits per heavy atom. The van der Waals surface area contributed by atoms with E-state index in [0.29, 0.717) is 0 Å².